The predicted octanol–water partition coefficient (Wildman–Crippen LogP) is 3.22. The van der Waals surface area contributed by atoms with Crippen molar-refractivity contribution >= 4 is 11.3 Å². The molecule has 0 radical (unpaired) electrons. The lowest BCUT2D eigenvalue weighted by molar-refractivity contribution is 0.189. The second-order valence-electron chi connectivity index (χ2n) is 5.86. The Kier molecular flexibility index (Phi) is 5.23. The molecule has 2 aromatic rings. The fourth-order valence-electron chi connectivity index (χ4n) is 3.16. The standard InChI is InChI=1S/C18H21N3S/c19-8-9-21-13-16(18-7-4-10-22-18)11-17(14-21)20-12-15-5-2-1-3-6-15/h1-7,10,16-17,20H,9,11-14H2. The summed E-state index contributed by atoms with van der Waals surface area (Å²) in [5.74, 6) is 0.537. The first kappa shape index (κ1) is 15.2. The van der Waals surface area contributed by atoms with Crippen LogP contribution < -0.4 is 5.32 Å². The quantitative estimate of drug-likeness (QED) is 0.862. The Hall–Kier alpha value is -1.67. The van der Waals surface area contributed by atoms with Gasteiger partial charge in [-0.05, 0) is 23.4 Å². The van der Waals surface area contributed by atoms with E-state index in [-0.39, 0.29) is 0 Å². The van der Waals surface area contributed by atoms with Crippen LogP contribution in [0, 0.1) is 11.3 Å². The molecule has 1 fully saturated rings. The van der Waals surface area contributed by atoms with Crippen LogP contribution in [0.3, 0.4) is 0 Å². The van der Waals surface area contributed by atoms with Crippen molar-refractivity contribution < 1.29 is 0 Å². The lowest BCUT2D eigenvalue weighted by atomic mass is 9.92. The normalized spacial score (nSPS) is 22.3. The van der Waals surface area contributed by atoms with E-state index in [4.69, 9.17) is 5.26 Å². The van der Waals surface area contributed by atoms with Crippen LogP contribution in [-0.4, -0.2) is 30.6 Å². The van der Waals surface area contributed by atoms with Crippen LogP contribution in [0.2, 0.25) is 0 Å². The van der Waals surface area contributed by atoms with Gasteiger partial charge >= 0.3 is 0 Å². The molecule has 1 aromatic heterocycles. The monoisotopic (exact) mass is 311 g/mol. The van der Waals surface area contributed by atoms with Crippen LogP contribution in [0.4, 0.5) is 0 Å². The number of nitrogens with zero attached hydrogens (tertiary/aromatic N) is 2. The van der Waals surface area contributed by atoms with Crippen molar-refractivity contribution in [1.29, 1.82) is 5.26 Å². The van der Waals surface area contributed by atoms with E-state index in [2.05, 4.69) is 58.1 Å². The molecular formula is C18H21N3S. The van der Waals surface area contributed by atoms with Gasteiger partial charge in [-0.3, -0.25) is 4.90 Å². The first-order valence-corrected chi connectivity index (χ1v) is 8.63. The fourth-order valence-corrected chi connectivity index (χ4v) is 3.99. The smallest absolute Gasteiger partial charge is 0.0866 e. The van der Waals surface area contributed by atoms with Gasteiger partial charge in [-0.25, -0.2) is 0 Å². The summed E-state index contributed by atoms with van der Waals surface area (Å²) in [6.45, 7) is 3.37. The van der Waals surface area contributed by atoms with Gasteiger partial charge in [0.05, 0.1) is 12.6 Å². The fraction of sp³-hybridized carbons (Fsp3) is 0.389. The maximum atomic E-state index is 9.02. The average Bonchev–Trinajstić information content (AvgIpc) is 3.09. The van der Waals surface area contributed by atoms with E-state index in [0.29, 0.717) is 18.5 Å². The van der Waals surface area contributed by atoms with E-state index in [0.717, 1.165) is 26.1 Å². The van der Waals surface area contributed by atoms with Gasteiger partial charge in [0, 0.05) is 36.5 Å². The topological polar surface area (TPSA) is 39.1 Å². The molecule has 1 aliphatic heterocycles. The molecule has 0 amide bonds. The third kappa shape index (κ3) is 3.95. The molecule has 1 saturated heterocycles. The maximum absolute atomic E-state index is 9.02. The number of thiophene rings is 1. The molecule has 2 atom stereocenters. The molecule has 4 heteroatoms. The molecule has 2 unspecified atom stereocenters. The summed E-state index contributed by atoms with van der Waals surface area (Å²) in [7, 11) is 0. The first-order valence-electron chi connectivity index (χ1n) is 7.75. The number of hydrogen-bond donors (Lipinski definition) is 1. The number of nitrogens with one attached hydrogen (secondary N) is 1. The van der Waals surface area contributed by atoms with Crippen LogP contribution >= 0.6 is 11.3 Å². The molecular weight excluding hydrogens is 290 g/mol. The van der Waals surface area contributed by atoms with Gasteiger partial charge in [0.25, 0.3) is 0 Å². The molecule has 3 nitrogen and oxygen atoms in total. The molecule has 0 saturated carbocycles. The number of likely N-dealkylation sites (tertiary alicyclic amines) is 1. The van der Waals surface area contributed by atoms with Crippen molar-refractivity contribution in [2.45, 2.75) is 24.9 Å². The molecule has 1 N–H and O–H groups in total. The number of benzene rings is 1. The SMILES string of the molecule is N#CCN1CC(NCc2ccccc2)CC(c2cccs2)C1. The highest BCUT2D eigenvalue weighted by atomic mass is 32.1. The van der Waals surface area contributed by atoms with Crippen LogP contribution in [0.25, 0.3) is 0 Å². The number of hydrogen-bond acceptors (Lipinski definition) is 4. The van der Waals surface area contributed by atoms with Crippen molar-refractivity contribution in [3.05, 3.63) is 58.3 Å². The average molecular weight is 311 g/mol. The lowest BCUT2D eigenvalue weighted by Crippen LogP contribution is -2.48. The Balaban J connectivity index is 1.63. The summed E-state index contributed by atoms with van der Waals surface area (Å²) >= 11 is 1.83. The summed E-state index contributed by atoms with van der Waals surface area (Å²) in [4.78, 5) is 3.71. The number of piperidine rings is 1. The summed E-state index contributed by atoms with van der Waals surface area (Å²) < 4.78 is 0. The van der Waals surface area contributed by atoms with Crippen LogP contribution in [0.15, 0.2) is 47.8 Å². The maximum Gasteiger partial charge on any atom is 0.0866 e. The van der Waals surface area contributed by atoms with Crippen molar-refractivity contribution in [2.75, 3.05) is 19.6 Å². The minimum Gasteiger partial charge on any atom is -0.309 e. The van der Waals surface area contributed by atoms with Gasteiger partial charge in [-0.2, -0.15) is 5.26 Å². The van der Waals surface area contributed by atoms with E-state index >= 15 is 0 Å². The Morgan fingerprint density at radius 3 is 2.77 bits per heavy atom. The molecule has 0 spiro atoms. The summed E-state index contributed by atoms with van der Waals surface area (Å²) in [6, 6.07) is 17.6. The van der Waals surface area contributed by atoms with Gasteiger partial charge < -0.3 is 5.32 Å². The van der Waals surface area contributed by atoms with E-state index in [1.54, 1.807) is 0 Å². The molecule has 0 aliphatic carbocycles. The second-order valence-corrected chi connectivity index (χ2v) is 6.84. The predicted molar refractivity (Wildman–Crippen MR) is 90.8 cm³/mol. The largest absolute Gasteiger partial charge is 0.309 e. The Labute approximate surface area is 136 Å². The highest BCUT2D eigenvalue weighted by molar-refractivity contribution is 7.10. The Morgan fingerprint density at radius 1 is 1.18 bits per heavy atom. The summed E-state index contributed by atoms with van der Waals surface area (Å²) in [6.07, 6.45) is 1.15. The minimum atomic E-state index is 0.439. The van der Waals surface area contributed by atoms with Gasteiger partial charge in [-0.15, -0.1) is 11.3 Å². The number of nitriles is 1. The molecule has 0 bridgehead atoms. The van der Waals surface area contributed by atoms with Crippen molar-refractivity contribution in [1.82, 2.24) is 10.2 Å². The van der Waals surface area contributed by atoms with Crippen molar-refractivity contribution in [3.63, 3.8) is 0 Å². The van der Waals surface area contributed by atoms with Crippen molar-refractivity contribution in [3.8, 4) is 6.07 Å². The molecule has 3 rings (SSSR count). The van der Waals surface area contributed by atoms with Gasteiger partial charge in [-0.1, -0.05) is 36.4 Å². The van der Waals surface area contributed by atoms with Gasteiger partial charge in [0.1, 0.15) is 0 Å². The molecule has 1 aromatic carbocycles. The van der Waals surface area contributed by atoms with Crippen LogP contribution in [0.1, 0.15) is 22.8 Å². The molecule has 2 heterocycles. The first-order chi connectivity index (χ1) is 10.8. The molecule has 1 aliphatic rings. The van der Waals surface area contributed by atoms with Crippen molar-refractivity contribution in [2.24, 2.45) is 0 Å². The van der Waals surface area contributed by atoms with Gasteiger partial charge in [0.15, 0.2) is 0 Å². The van der Waals surface area contributed by atoms with Crippen LogP contribution in [0.5, 0.6) is 0 Å². The minimum absolute atomic E-state index is 0.439. The third-order valence-electron chi connectivity index (χ3n) is 4.20. The summed E-state index contributed by atoms with van der Waals surface area (Å²) in [5, 5.41) is 14.8. The molecule has 114 valence electrons. The number of rotatable bonds is 5. The highest BCUT2D eigenvalue weighted by Gasteiger charge is 2.28. The zero-order chi connectivity index (χ0) is 15.2. The molecule has 22 heavy (non-hydrogen) atoms. The second kappa shape index (κ2) is 7.55. The van der Waals surface area contributed by atoms with E-state index in [1.165, 1.54) is 10.4 Å². The Morgan fingerprint density at radius 2 is 2.05 bits per heavy atom. The van der Waals surface area contributed by atoms with Crippen LogP contribution in [-0.2, 0) is 6.54 Å². The highest BCUT2D eigenvalue weighted by Crippen LogP contribution is 2.30. The van der Waals surface area contributed by atoms with Gasteiger partial charge in [0.2, 0.25) is 0 Å². The van der Waals surface area contributed by atoms with E-state index in [1.807, 2.05) is 17.4 Å². The zero-order valence-electron chi connectivity index (χ0n) is 12.6. The summed E-state index contributed by atoms with van der Waals surface area (Å²) in [5.41, 5.74) is 1.31. The Bertz CT molecular complexity index is 603. The van der Waals surface area contributed by atoms with E-state index < -0.39 is 0 Å². The lowest BCUT2D eigenvalue weighted by Gasteiger charge is -2.36. The zero-order valence-corrected chi connectivity index (χ0v) is 13.4. The van der Waals surface area contributed by atoms with E-state index in [9.17, 15) is 0 Å². The third-order valence-corrected chi connectivity index (χ3v) is 5.24.